The summed E-state index contributed by atoms with van der Waals surface area (Å²) in [6, 6.07) is 17.9. The van der Waals surface area contributed by atoms with Crippen LogP contribution >= 0.6 is 0 Å². The number of hydrogen-bond donors (Lipinski definition) is 2. The Balaban J connectivity index is 2.15. The molecule has 0 aliphatic carbocycles. The molecule has 1 amide bonds. The standard InChI is InChI=1S/C20H25NO2/c1-3-9-19(22)21-15-14-20(2,23)18-13-8-7-12-17(18)16-10-5-4-6-11-16/h4-8,10-13,23H,3,9,14-15H2,1-2H3,(H,21,22). The molecule has 1 unspecified atom stereocenters. The fourth-order valence-corrected chi connectivity index (χ4v) is 2.72. The molecule has 0 saturated carbocycles. The summed E-state index contributed by atoms with van der Waals surface area (Å²) in [4.78, 5) is 11.6. The molecule has 1 atom stereocenters. The van der Waals surface area contributed by atoms with Gasteiger partial charge in [0.05, 0.1) is 5.60 Å². The molecule has 0 spiro atoms. The summed E-state index contributed by atoms with van der Waals surface area (Å²) in [5, 5.41) is 13.8. The highest BCUT2D eigenvalue weighted by atomic mass is 16.3. The van der Waals surface area contributed by atoms with Crippen molar-refractivity contribution in [1.82, 2.24) is 5.32 Å². The topological polar surface area (TPSA) is 49.3 Å². The van der Waals surface area contributed by atoms with Crippen molar-refractivity contribution in [1.29, 1.82) is 0 Å². The van der Waals surface area contributed by atoms with Crippen LogP contribution in [0.2, 0.25) is 0 Å². The van der Waals surface area contributed by atoms with Gasteiger partial charge in [0.1, 0.15) is 0 Å². The van der Waals surface area contributed by atoms with Crippen LogP contribution in [-0.4, -0.2) is 17.6 Å². The highest BCUT2D eigenvalue weighted by molar-refractivity contribution is 5.75. The Kier molecular flexibility index (Phi) is 5.94. The van der Waals surface area contributed by atoms with Crippen molar-refractivity contribution in [2.24, 2.45) is 0 Å². The molecular formula is C20H25NO2. The Bertz CT molecular complexity index is 635. The molecule has 0 fully saturated rings. The molecule has 0 aliphatic heterocycles. The predicted molar refractivity (Wildman–Crippen MR) is 94.0 cm³/mol. The van der Waals surface area contributed by atoms with Crippen molar-refractivity contribution < 1.29 is 9.90 Å². The van der Waals surface area contributed by atoms with E-state index in [9.17, 15) is 9.90 Å². The summed E-state index contributed by atoms with van der Waals surface area (Å²) in [5.41, 5.74) is 2.00. The van der Waals surface area contributed by atoms with Gasteiger partial charge in [0, 0.05) is 13.0 Å². The van der Waals surface area contributed by atoms with E-state index in [1.165, 1.54) is 0 Å². The third-order valence-corrected chi connectivity index (χ3v) is 4.00. The fraction of sp³-hybridized carbons (Fsp3) is 0.350. The first-order valence-corrected chi connectivity index (χ1v) is 8.18. The summed E-state index contributed by atoms with van der Waals surface area (Å²) < 4.78 is 0. The minimum Gasteiger partial charge on any atom is -0.385 e. The molecular weight excluding hydrogens is 286 g/mol. The average Bonchev–Trinajstić information content (AvgIpc) is 2.56. The van der Waals surface area contributed by atoms with Crippen molar-refractivity contribution >= 4 is 5.91 Å². The number of hydrogen-bond acceptors (Lipinski definition) is 2. The minimum absolute atomic E-state index is 0.0413. The van der Waals surface area contributed by atoms with Crippen LogP contribution in [0.1, 0.15) is 38.7 Å². The van der Waals surface area contributed by atoms with E-state index < -0.39 is 5.60 Å². The molecule has 0 radical (unpaired) electrons. The normalized spacial score (nSPS) is 13.3. The first-order chi connectivity index (χ1) is 11.0. The van der Waals surface area contributed by atoms with Gasteiger partial charge in [-0.05, 0) is 36.5 Å². The second-order valence-electron chi connectivity index (χ2n) is 6.04. The largest absolute Gasteiger partial charge is 0.385 e. The van der Waals surface area contributed by atoms with Crippen LogP contribution in [0.3, 0.4) is 0 Å². The molecule has 0 aromatic heterocycles. The van der Waals surface area contributed by atoms with E-state index in [2.05, 4.69) is 5.32 Å². The molecule has 2 rings (SSSR count). The third kappa shape index (κ3) is 4.67. The number of rotatable bonds is 7. The molecule has 0 bridgehead atoms. The van der Waals surface area contributed by atoms with E-state index in [0.29, 0.717) is 19.4 Å². The van der Waals surface area contributed by atoms with Gasteiger partial charge in [-0.15, -0.1) is 0 Å². The van der Waals surface area contributed by atoms with Crippen LogP contribution in [0.5, 0.6) is 0 Å². The zero-order chi connectivity index (χ0) is 16.7. The van der Waals surface area contributed by atoms with Gasteiger partial charge in [0.25, 0.3) is 0 Å². The SMILES string of the molecule is CCCC(=O)NCCC(C)(O)c1ccccc1-c1ccccc1. The monoisotopic (exact) mass is 311 g/mol. The van der Waals surface area contributed by atoms with Gasteiger partial charge in [-0.25, -0.2) is 0 Å². The van der Waals surface area contributed by atoms with Crippen molar-refractivity contribution in [2.45, 2.75) is 38.7 Å². The lowest BCUT2D eigenvalue weighted by molar-refractivity contribution is -0.121. The molecule has 0 saturated heterocycles. The van der Waals surface area contributed by atoms with Gasteiger partial charge in [-0.2, -0.15) is 0 Å². The molecule has 3 nitrogen and oxygen atoms in total. The smallest absolute Gasteiger partial charge is 0.219 e. The molecule has 23 heavy (non-hydrogen) atoms. The molecule has 122 valence electrons. The van der Waals surface area contributed by atoms with Gasteiger partial charge < -0.3 is 10.4 Å². The van der Waals surface area contributed by atoms with Crippen LogP contribution in [0.4, 0.5) is 0 Å². The van der Waals surface area contributed by atoms with Crippen molar-refractivity contribution in [2.75, 3.05) is 6.54 Å². The Morgan fingerprint density at radius 3 is 2.43 bits per heavy atom. The number of amides is 1. The van der Waals surface area contributed by atoms with E-state index in [0.717, 1.165) is 23.1 Å². The molecule has 0 aliphatic rings. The summed E-state index contributed by atoms with van der Waals surface area (Å²) in [6.45, 7) is 4.25. The first kappa shape index (κ1) is 17.2. The Labute approximate surface area is 138 Å². The van der Waals surface area contributed by atoms with Crippen molar-refractivity contribution in [3.05, 3.63) is 60.2 Å². The average molecular weight is 311 g/mol. The van der Waals surface area contributed by atoms with E-state index in [1.54, 1.807) is 6.92 Å². The summed E-state index contributed by atoms with van der Waals surface area (Å²) in [5.74, 6) is 0.0413. The second-order valence-corrected chi connectivity index (χ2v) is 6.04. The Morgan fingerprint density at radius 2 is 1.74 bits per heavy atom. The van der Waals surface area contributed by atoms with Crippen LogP contribution in [-0.2, 0) is 10.4 Å². The lowest BCUT2D eigenvalue weighted by atomic mass is 9.86. The quantitative estimate of drug-likeness (QED) is 0.815. The zero-order valence-electron chi connectivity index (χ0n) is 13.9. The van der Waals surface area contributed by atoms with Crippen molar-refractivity contribution in [3.63, 3.8) is 0 Å². The maximum Gasteiger partial charge on any atom is 0.219 e. The lowest BCUT2D eigenvalue weighted by Crippen LogP contribution is -2.31. The second kappa shape index (κ2) is 7.93. The van der Waals surface area contributed by atoms with Gasteiger partial charge in [0.2, 0.25) is 5.91 Å². The number of aliphatic hydroxyl groups is 1. The number of benzene rings is 2. The summed E-state index contributed by atoms with van der Waals surface area (Å²) in [6.07, 6.45) is 1.84. The summed E-state index contributed by atoms with van der Waals surface area (Å²) >= 11 is 0. The molecule has 0 heterocycles. The maximum absolute atomic E-state index is 11.6. The number of carbonyl (C=O) groups excluding carboxylic acids is 1. The highest BCUT2D eigenvalue weighted by Crippen LogP contribution is 2.33. The summed E-state index contributed by atoms with van der Waals surface area (Å²) in [7, 11) is 0. The van der Waals surface area contributed by atoms with Crippen LogP contribution < -0.4 is 5.32 Å². The van der Waals surface area contributed by atoms with Crippen LogP contribution in [0.15, 0.2) is 54.6 Å². The molecule has 2 aromatic carbocycles. The fourth-order valence-electron chi connectivity index (χ4n) is 2.72. The molecule has 2 aromatic rings. The first-order valence-electron chi connectivity index (χ1n) is 8.18. The minimum atomic E-state index is -0.994. The van der Waals surface area contributed by atoms with E-state index in [4.69, 9.17) is 0 Å². The van der Waals surface area contributed by atoms with Gasteiger partial charge in [-0.3, -0.25) is 4.79 Å². The van der Waals surface area contributed by atoms with Gasteiger partial charge >= 0.3 is 0 Å². The van der Waals surface area contributed by atoms with Crippen molar-refractivity contribution in [3.8, 4) is 11.1 Å². The van der Waals surface area contributed by atoms with E-state index in [1.807, 2.05) is 61.5 Å². The molecule has 2 N–H and O–H groups in total. The maximum atomic E-state index is 11.6. The van der Waals surface area contributed by atoms with Gasteiger partial charge in [-0.1, -0.05) is 61.5 Å². The Hall–Kier alpha value is -2.13. The van der Waals surface area contributed by atoms with E-state index in [-0.39, 0.29) is 5.91 Å². The molecule has 3 heteroatoms. The third-order valence-electron chi connectivity index (χ3n) is 4.00. The van der Waals surface area contributed by atoms with E-state index >= 15 is 0 Å². The lowest BCUT2D eigenvalue weighted by Gasteiger charge is -2.27. The zero-order valence-corrected chi connectivity index (χ0v) is 13.9. The highest BCUT2D eigenvalue weighted by Gasteiger charge is 2.26. The van der Waals surface area contributed by atoms with Crippen LogP contribution in [0.25, 0.3) is 11.1 Å². The van der Waals surface area contributed by atoms with Crippen LogP contribution in [0, 0.1) is 0 Å². The Morgan fingerprint density at radius 1 is 1.09 bits per heavy atom. The number of carbonyl (C=O) groups is 1. The van der Waals surface area contributed by atoms with Gasteiger partial charge in [0.15, 0.2) is 0 Å². The predicted octanol–water partition coefficient (Wildman–Crippen LogP) is 3.87. The number of nitrogens with one attached hydrogen (secondary N) is 1.